The number of amides is 1. The molecule has 21 heavy (non-hydrogen) atoms. The van der Waals surface area contributed by atoms with Crippen LogP contribution in [0.15, 0.2) is 42.7 Å². The molecule has 0 spiro atoms. The largest absolute Gasteiger partial charge is 0.320 e. The summed E-state index contributed by atoms with van der Waals surface area (Å²) in [5.74, 6) is -0.148. The van der Waals surface area contributed by atoms with E-state index in [2.05, 4.69) is 16.5 Å². The molecule has 1 aromatic carbocycles. The van der Waals surface area contributed by atoms with Crippen LogP contribution in [0.2, 0.25) is 0 Å². The van der Waals surface area contributed by atoms with Gasteiger partial charge in [0, 0.05) is 25.8 Å². The van der Waals surface area contributed by atoms with Gasteiger partial charge in [0.25, 0.3) is 5.91 Å². The Balaban J connectivity index is 1.83. The molecule has 1 fully saturated rings. The lowest BCUT2D eigenvalue weighted by Crippen LogP contribution is -2.52. The van der Waals surface area contributed by atoms with Crippen LogP contribution < -0.4 is 5.32 Å². The maximum atomic E-state index is 12.5. The second-order valence-corrected chi connectivity index (χ2v) is 4.86. The number of hydrogen-bond acceptors (Lipinski definition) is 4. The molecule has 2 aromatic rings. The molecule has 1 aliphatic heterocycles. The van der Waals surface area contributed by atoms with Crippen molar-refractivity contribution in [2.45, 2.75) is 6.04 Å². The highest BCUT2D eigenvalue weighted by atomic mass is 16.2. The lowest BCUT2D eigenvalue weighted by atomic mass is 10.2. The third kappa shape index (κ3) is 2.64. The normalized spacial score (nSPS) is 18.2. The summed E-state index contributed by atoms with van der Waals surface area (Å²) in [7, 11) is 0. The Kier molecular flexibility index (Phi) is 3.67. The van der Waals surface area contributed by atoms with Crippen molar-refractivity contribution in [2.24, 2.45) is 0 Å². The van der Waals surface area contributed by atoms with Crippen LogP contribution in [0.4, 0.5) is 0 Å². The molecule has 1 amide bonds. The van der Waals surface area contributed by atoms with Crippen molar-refractivity contribution in [1.29, 1.82) is 5.26 Å². The predicted octanol–water partition coefficient (Wildman–Crippen LogP) is 0.810. The highest BCUT2D eigenvalue weighted by molar-refractivity contribution is 5.94. The molecule has 6 heteroatoms. The molecule has 3 rings (SSSR count). The number of para-hydroxylation sites is 1. The molecule has 1 saturated heterocycles. The molecule has 1 atom stereocenters. The molecule has 6 nitrogen and oxygen atoms in total. The van der Waals surface area contributed by atoms with Gasteiger partial charge in [0.05, 0.1) is 23.5 Å². The molecule has 106 valence electrons. The van der Waals surface area contributed by atoms with Crippen molar-refractivity contribution in [3.8, 4) is 11.8 Å². The van der Waals surface area contributed by atoms with Gasteiger partial charge in [-0.1, -0.05) is 18.2 Å². The van der Waals surface area contributed by atoms with Crippen molar-refractivity contribution < 1.29 is 4.79 Å². The van der Waals surface area contributed by atoms with Crippen molar-refractivity contribution in [3.63, 3.8) is 0 Å². The third-order valence-corrected chi connectivity index (χ3v) is 3.50. The van der Waals surface area contributed by atoms with Crippen molar-refractivity contribution >= 4 is 5.91 Å². The molecule has 1 aliphatic rings. The first-order valence-electron chi connectivity index (χ1n) is 6.81. The minimum Gasteiger partial charge on any atom is -0.320 e. The summed E-state index contributed by atoms with van der Waals surface area (Å²) in [6.45, 7) is 1.75. The number of carbonyl (C=O) groups is 1. The Bertz CT molecular complexity index is 673. The maximum Gasteiger partial charge on any atom is 0.258 e. The lowest BCUT2D eigenvalue weighted by Gasteiger charge is -2.31. The van der Waals surface area contributed by atoms with Crippen LogP contribution >= 0.6 is 0 Å². The van der Waals surface area contributed by atoms with Crippen LogP contribution in [0.1, 0.15) is 10.4 Å². The highest BCUT2D eigenvalue weighted by Crippen LogP contribution is 2.12. The second kappa shape index (κ2) is 5.77. The van der Waals surface area contributed by atoms with Gasteiger partial charge in [0.1, 0.15) is 6.04 Å². The van der Waals surface area contributed by atoms with E-state index in [1.54, 1.807) is 22.0 Å². The van der Waals surface area contributed by atoms with Gasteiger partial charge in [-0.3, -0.25) is 4.79 Å². The average molecular weight is 281 g/mol. The number of nitriles is 1. The number of piperazine rings is 1. The zero-order valence-corrected chi connectivity index (χ0v) is 11.4. The fourth-order valence-corrected chi connectivity index (χ4v) is 2.38. The molecule has 1 aromatic heterocycles. The molecule has 1 unspecified atom stereocenters. The number of rotatable bonds is 2. The zero-order chi connectivity index (χ0) is 14.7. The summed E-state index contributed by atoms with van der Waals surface area (Å²) in [5.41, 5.74) is 1.40. The third-order valence-electron chi connectivity index (χ3n) is 3.50. The first-order valence-corrected chi connectivity index (χ1v) is 6.81. The Morgan fingerprint density at radius 1 is 1.38 bits per heavy atom. The summed E-state index contributed by atoms with van der Waals surface area (Å²) < 4.78 is 1.66. The van der Waals surface area contributed by atoms with Crippen LogP contribution in [0.25, 0.3) is 5.69 Å². The number of nitrogens with one attached hydrogen (secondary N) is 1. The van der Waals surface area contributed by atoms with Crippen LogP contribution in [0.3, 0.4) is 0 Å². The van der Waals surface area contributed by atoms with E-state index in [1.165, 1.54) is 0 Å². The van der Waals surface area contributed by atoms with E-state index in [-0.39, 0.29) is 5.91 Å². The van der Waals surface area contributed by atoms with Crippen LogP contribution in [0.5, 0.6) is 0 Å². The Labute approximate surface area is 122 Å². The zero-order valence-electron chi connectivity index (χ0n) is 11.4. The first-order chi connectivity index (χ1) is 10.3. The number of hydrogen-bond donors (Lipinski definition) is 1. The van der Waals surface area contributed by atoms with E-state index in [0.717, 1.165) is 5.69 Å². The molecule has 1 N–H and O–H groups in total. The van der Waals surface area contributed by atoms with Gasteiger partial charge in [0.2, 0.25) is 0 Å². The first kappa shape index (κ1) is 13.3. The molecule has 0 saturated carbocycles. The molecular formula is C15H15N5O. The standard InChI is InChI=1S/C15H15N5O/c16-8-14-10-17-6-7-19(14)15(21)12-9-18-20(11-12)13-4-2-1-3-5-13/h1-5,9,11,14,17H,6-7,10H2. The fourth-order valence-electron chi connectivity index (χ4n) is 2.38. The Hall–Kier alpha value is -2.65. The van der Waals surface area contributed by atoms with Gasteiger partial charge in [-0.05, 0) is 12.1 Å². The summed E-state index contributed by atoms with van der Waals surface area (Å²) in [4.78, 5) is 14.1. The van der Waals surface area contributed by atoms with E-state index in [9.17, 15) is 4.79 Å². The summed E-state index contributed by atoms with van der Waals surface area (Å²) in [5, 5.41) is 16.5. The second-order valence-electron chi connectivity index (χ2n) is 4.86. The van der Waals surface area contributed by atoms with E-state index < -0.39 is 6.04 Å². The van der Waals surface area contributed by atoms with Crippen molar-refractivity contribution in [1.82, 2.24) is 20.0 Å². The average Bonchev–Trinajstić information content (AvgIpc) is 3.05. The van der Waals surface area contributed by atoms with Gasteiger partial charge >= 0.3 is 0 Å². The molecule has 0 radical (unpaired) electrons. The Morgan fingerprint density at radius 3 is 2.95 bits per heavy atom. The van der Waals surface area contributed by atoms with Gasteiger partial charge in [0.15, 0.2) is 0 Å². The van der Waals surface area contributed by atoms with Crippen LogP contribution in [-0.2, 0) is 0 Å². The SMILES string of the molecule is N#CC1CNCCN1C(=O)c1cnn(-c2ccccc2)c1. The van der Waals surface area contributed by atoms with Gasteiger partial charge < -0.3 is 10.2 Å². The number of aromatic nitrogens is 2. The van der Waals surface area contributed by atoms with E-state index >= 15 is 0 Å². The maximum absolute atomic E-state index is 12.5. The topological polar surface area (TPSA) is 74.0 Å². The number of benzene rings is 1. The summed E-state index contributed by atoms with van der Waals surface area (Å²) in [6.07, 6.45) is 3.25. The van der Waals surface area contributed by atoms with E-state index in [1.807, 2.05) is 30.3 Å². The van der Waals surface area contributed by atoms with Gasteiger partial charge in [-0.25, -0.2) is 4.68 Å². The van der Waals surface area contributed by atoms with Crippen molar-refractivity contribution in [3.05, 3.63) is 48.3 Å². The van der Waals surface area contributed by atoms with E-state index in [4.69, 9.17) is 5.26 Å². The number of carbonyl (C=O) groups excluding carboxylic acids is 1. The van der Waals surface area contributed by atoms with Crippen LogP contribution in [0, 0.1) is 11.3 Å². The Morgan fingerprint density at radius 2 is 2.19 bits per heavy atom. The van der Waals surface area contributed by atoms with Crippen LogP contribution in [-0.4, -0.2) is 46.3 Å². The quantitative estimate of drug-likeness (QED) is 0.884. The van der Waals surface area contributed by atoms with Crippen molar-refractivity contribution in [2.75, 3.05) is 19.6 Å². The summed E-state index contributed by atoms with van der Waals surface area (Å²) in [6, 6.07) is 11.3. The lowest BCUT2D eigenvalue weighted by molar-refractivity contribution is 0.0687. The smallest absolute Gasteiger partial charge is 0.258 e. The minimum absolute atomic E-state index is 0.148. The number of nitrogens with zero attached hydrogens (tertiary/aromatic N) is 4. The van der Waals surface area contributed by atoms with Gasteiger partial charge in [-0.2, -0.15) is 10.4 Å². The highest BCUT2D eigenvalue weighted by Gasteiger charge is 2.27. The molecule has 0 aliphatic carbocycles. The summed E-state index contributed by atoms with van der Waals surface area (Å²) >= 11 is 0. The minimum atomic E-state index is -0.425. The van der Waals surface area contributed by atoms with E-state index in [0.29, 0.717) is 25.2 Å². The van der Waals surface area contributed by atoms with Gasteiger partial charge in [-0.15, -0.1) is 0 Å². The monoisotopic (exact) mass is 281 g/mol. The fraction of sp³-hybridized carbons (Fsp3) is 0.267. The molecular weight excluding hydrogens is 266 g/mol. The molecule has 0 bridgehead atoms. The predicted molar refractivity (Wildman–Crippen MR) is 76.9 cm³/mol. The molecule has 2 heterocycles.